The van der Waals surface area contributed by atoms with Gasteiger partial charge in [-0.15, -0.1) is 0 Å². The second kappa shape index (κ2) is 8.95. The number of sulfonamides is 1. The first-order valence-corrected chi connectivity index (χ1v) is 11.4. The molecule has 0 unspecified atom stereocenters. The molecule has 0 spiro atoms. The fourth-order valence-corrected chi connectivity index (χ4v) is 5.03. The molecule has 0 aliphatic carbocycles. The van der Waals surface area contributed by atoms with Crippen molar-refractivity contribution in [2.75, 3.05) is 32.8 Å². The minimum Gasteiger partial charge on any atom is -0.367 e. The lowest BCUT2D eigenvalue weighted by Gasteiger charge is -2.34. The molecule has 1 heterocycles. The molecule has 30 heavy (non-hydrogen) atoms. The minimum absolute atomic E-state index is 0.00762. The van der Waals surface area contributed by atoms with Crippen LogP contribution < -0.4 is 0 Å². The fraction of sp³-hybridized carbons (Fsp3) is 0.261. The normalized spacial score (nSPS) is 15.4. The van der Waals surface area contributed by atoms with Crippen LogP contribution in [0.15, 0.2) is 77.7 Å². The zero-order chi connectivity index (χ0) is 21.0. The standard InChI is InChI=1S/C23H24N2O4S/c26-23(18-29-17-19-6-2-1-3-7-19)24-12-14-25(15-13-24)30(27,28)22-11-10-20-8-4-5-9-21(20)16-22/h1-11,16H,12-15,17-18H2. The van der Waals surface area contributed by atoms with Gasteiger partial charge in [0.2, 0.25) is 15.9 Å². The summed E-state index contributed by atoms with van der Waals surface area (Å²) in [4.78, 5) is 14.3. The third kappa shape index (κ3) is 4.53. The highest BCUT2D eigenvalue weighted by molar-refractivity contribution is 7.89. The van der Waals surface area contributed by atoms with Gasteiger partial charge in [0.05, 0.1) is 11.5 Å². The molecule has 1 fully saturated rings. The van der Waals surface area contributed by atoms with Crippen LogP contribution in [0.1, 0.15) is 5.56 Å². The topological polar surface area (TPSA) is 66.9 Å². The molecule has 3 aromatic carbocycles. The number of ether oxygens (including phenoxy) is 1. The second-order valence-electron chi connectivity index (χ2n) is 7.27. The summed E-state index contributed by atoms with van der Waals surface area (Å²) >= 11 is 0. The number of carbonyl (C=O) groups is 1. The van der Waals surface area contributed by atoms with Crippen molar-refractivity contribution in [2.45, 2.75) is 11.5 Å². The molecule has 7 heteroatoms. The number of fused-ring (bicyclic) bond motifs is 1. The van der Waals surface area contributed by atoms with Crippen molar-refractivity contribution < 1.29 is 17.9 Å². The van der Waals surface area contributed by atoms with E-state index in [1.807, 2.05) is 60.7 Å². The van der Waals surface area contributed by atoms with Gasteiger partial charge in [-0.3, -0.25) is 4.79 Å². The van der Waals surface area contributed by atoms with Gasteiger partial charge in [0.15, 0.2) is 0 Å². The molecular formula is C23H24N2O4S. The van der Waals surface area contributed by atoms with E-state index in [0.717, 1.165) is 16.3 Å². The maximum absolute atomic E-state index is 13.0. The Kier molecular flexibility index (Phi) is 6.13. The second-order valence-corrected chi connectivity index (χ2v) is 9.21. The number of nitrogens with zero attached hydrogens (tertiary/aromatic N) is 2. The summed E-state index contributed by atoms with van der Waals surface area (Å²) in [5, 5.41) is 1.89. The number of hydrogen-bond donors (Lipinski definition) is 0. The molecule has 0 bridgehead atoms. The Bertz CT molecular complexity index is 1120. The maximum atomic E-state index is 13.0. The van der Waals surface area contributed by atoms with Gasteiger partial charge >= 0.3 is 0 Å². The number of rotatable bonds is 6. The lowest BCUT2D eigenvalue weighted by atomic mass is 10.1. The first kappa shape index (κ1) is 20.5. The molecule has 156 valence electrons. The molecule has 4 rings (SSSR count). The van der Waals surface area contributed by atoms with Crippen LogP contribution in [-0.2, 0) is 26.2 Å². The summed E-state index contributed by atoms with van der Waals surface area (Å²) in [6, 6.07) is 22.5. The van der Waals surface area contributed by atoms with E-state index in [-0.39, 0.29) is 30.5 Å². The molecule has 0 atom stereocenters. The lowest BCUT2D eigenvalue weighted by Crippen LogP contribution is -2.51. The van der Waals surface area contributed by atoms with Gasteiger partial charge < -0.3 is 9.64 Å². The summed E-state index contributed by atoms with van der Waals surface area (Å²) in [6.45, 7) is 1.65. The number of benzene rings is 3. The molecule has 0 N–H and O–H groups in total. The highest BCUT2D eigenvalue weighted by Crippen LogP contribution is 2.22. The van der Waals surface area contributed by atoms with Gasteiger partial charge in [-0.2, -0.15) is 4.31 Å². The Morgan fingerprint density at radius 2 is 1.50 bits per heavy atom. The zero-order valence-electron chi connectivity index (χ0n) is 16.6. The Balaban J connectivity index is 1.33. The van der Waals surface area contributed by atoms with E-state index in [9.17, 15) is 13.2 Å². The van der Waals surface area contributed by atoms with Crippen LogP contribution in [0.2, 0.25) is 0 Å². The van der Waals surface area contributed by atoms with Gasteiger partial charge in [0.25, 0.3) is 0 Å². The van der Waals surface area contributed by atoms with Crippen molar-refractivity contribution >= 4 is 26.7 Å². The van der Waals surface area contributed by atoms with Crippen LogP contribution in [0, 0.1) is 0 Å². The van der Waals surface area contributed by atoms with E-state index in [1.54, 1.807) is 17.0 Å². The van der Waals surface area contributed by atoms with Crippen molar-refractivity contribution in [1.29, 1.82) is 0 Å². The third-order valence-corrected chi connectivity index (χ3v) is 7.18. The lowest BCUT2D eigenvalue weighted by molar-refractivity contribution is -0.137. The summed E-state index contributed by atoms with van der Waals surface area (Å²) in [5.74, 6) is -0.117. The first-order chi connectivity index (χ1) is 14.5. The molecule has 3 aromatic rings. The zero-order valence-corrected chi connectivity index (χ0v) is 17.4. The van der Waals surface area contributed by atoms with Crippen molar-refractivity contribution in [3.05, 3.63) is 78.4 Å². The average molecular weight is 425 g/mol. The first-order valence-electron chi connectivity index (χ1n) is 9.92. The minimum atomic E-state index is -3.59. The molecule has 1 aliphatic heterocycles. The van der Waals surface area contributed by atoms with Crippen LogP contribution in [0.25, 0.3) is 10.8 Å². The van der Waals surface area contributed by atoms with Gasteiger partial charge in [-0.1, -0.05) is 60.7 Å². The molecule has 0 radical (unpaired) electrons. The quantitative estimate of drug-likeness (QED) is 0.610. The smallest absolute Gasteiger partial charge is 0.248 e. The van der Waals surface area contributed by atoms with E-state index in [2.05, 4.69) is 0 Å². The van der Waals surface area contributed by atoms with E-state index in [1.165, 1.54) is 4.31 Å². The number of amides is 1. The Morgan fingerprint density at radius 3 is 2.23 bits per heavy atom. The molecular weight excluding hydrogens is 400 g/mol. The molecule has 0 aromatic heterocycles. The highest BCUT2D eigenvalue weighted by atomic mass is 32.2. The number of hydrogen-bond acceptors (Lipinski definition) is 4. The average Bonchev–Trinajstić information content (AvgIpc) is 2.79. The maximum Gasteiger partial charge on any atom is 0.248 e. The summed E-state index contributed by atoms with van der Waals surface area (Å²) in [7, 11) is -3.59. The van der Waals surface area contributed by atoms with Crippen molar-refractivity contribution in [3.63, 3.8) is 0 Å². The van der Waals surface area contributed by atoms with Gasteiger partial charge in [-0.05, 0) is 28.5 Å². The number of piperazine rings is 1. The van der Waals surface area contributed by atoms with Gasteiger partial charge in [-0.25, -0.2) is 8.42 Å². The van der Waals surface area contributed by atoms with Gasteiger partial charge in [0, 0.05) is 26.2 Å². The van der Waals surface area contributed by atoms with Crippen molar-refractivity contribution in [3.8, 4) is 0 Å². The molecule has 6 nitrogen and oxygen atoms in total. The van der Waals surface area contributed by atoms with Crippen LogP contribution >= 0.6 is 0 Å². The van der Waals surface area contributed by atoms with Crippen molar-refractivity contribution in [1.82, 2.24) is 9.21 Å². The van der Waals surface area contributed by atoms with Crippen LogP contribution in [0.5, 0.6) is 0 Å². The van der Waals surface area contributed by atoms with Crippen LogP contribution in [-0.4, -0.2) is 56.3 Å². The van der Waals surface area contributed by atoms with Crippen LogP contribution in [0.3, 0.4) is 0 Å². The summed E-state index contributed by atoms with van der Waals surface area (Å²) in [6.07, 6.45) is 0. The SMILES string of the molecule is O=C(COCc1ccccc1)N1CCN(S(=O)(=O)c2ccc3ccccc3c2)CC1. The van der Waals surface area contributed by atoms with Crippen LogP contribution in [0.4, 0.5) is 0 Å². The Morgan fingerprint density at radius 1 is 0.833 bits per heavy atom. The monoisotopic (exact) mass is 424 g/mol. The van der Waals surface area contributed by atoms with E-state index >= 15 is 0 Å². The third-order valence-electron chi connectivity index (χ3n) is 5.29. The highest BCUT2D eigenvalue weighted by Gasteiger charge is 2.30. The summed E-state index contributed by atoms with van der Waals surface area (Å²) < 4.78 is 33.0. The fourth-order valence-electron chi connectivity index (χ4n) is 3.58. The van der Waals surface area contributed by atoms with Gasteiger partial charge in [0.1, 0.15) is 6.61 Å². The van der Waals surface area contributed by atoms with E-state index in [4.69, 9.17) is 4.74 Å². The van der Waals surface area contributed by atoms with E-state index in [0.29, 0.717) is 19.7 Å². The summed E-state index contributed by atoms with van der Waals surface area (Å²) in [5.41, 5.74) is 1.01. The van der Waals surface area contributed by atoms with E-state index < -0.39 is 10.0 Å². The molecule has 1 amide bonds. The predicted molar refractivity (Wildman–Crippen MR) is 115 cm³/mol. The molecule has 1 saturated heterocycles. The largest absolute Gasteiger partial charge is 0.367 e. The molecule has 0 saturated carbocycles. The number of carbonyl (C=O) groups excluding carboxylic acids is 1. The predicted octanol–water partition coefficient (Wildman–Crippen LogP) is 2.89. The Labute approximate surface area is 176 Å². The van der Waals surface area contributed by atoms with Crippen molar-refractivity contribution in [2.24, 2.45) is 0 Å². The molecule has 1 aliphatic rings. The Hall–Kier alpha value is -2.74.